The molecule has 2 aromatic rings. The molecule has 1 saturated heterocycles. The first-order valence-electron chi connectivity index (χ1n) is 11.8. The van der Waals surface area contributed by atoms with Gasteiger partial charge in [0, 0.05) is 25.3 Å². The third kappa shape index (κ3) is 4.72. The summed E-state index contributed by atoms with van der Waals surface area (Å²) >= 11 is 0. The summed E-state index contributed by atoms with van der Waals surface area (Å²) in [5.41, 5.74) is 3.87. The Morgan fingerprint density at radius 3 is 2.61 bits per heavy atom. The predicted octanol–water partition coefficient (Wildman–Crippen LogP) is 2.27. The number of hydrogen-bond donors (Lipinski definition) is 1. The van der Waals surface area contributed by atoms with Crippen molar-refractivity contribution in [3.05, 3.63) is 59.2 Å². The van der Waals surface area contributed by atoms with Gasteiger partial charge in [0.05, 0.1) is 26.2 Å². The van der Waals surface area contributed by atoms with Crippen molar-refractivity contribution in [2.75, 3.05) is 39.4 Å². The van der Waals surface area contributed by atoms with Gasteiger partial charge in [0.1, 0.15) is 13.2 Å². The molecule has 31 heavy (non-hydrogen) atoms. The second-order valence-electron chi connectivity index (χ2n) is 9.15. The summed E-state index contributed by atoms with van der Waals surface area (Å²) in [5, 5.41) is 0. The van der Waals surface area contributed by atoms with Gasteiger partial charge in [-0.25, -0.2) is 0 Å². The van der Waals surface area contributed by atoms with Gasteiger partial charge in [-0.2, -0.15) is 0 Å². The molecule has 5 heteroatoms. The zero-order valence-corrected chi connectivity index (χ0v) is 18.3. The lowest BCUT2D eigenvalue weighted by Crippen LogP contribution is -3.10. The molecule has 5 rings (SSSR count). The first-order valence-corrected chi connectivity index (χ1v) is 11.8. The fourth-order valence-electron chi connectivity index (χ4n) is 5.26. The number of carbonyl (C=O) groups excluding carboxylic acids is 1. The number of nitrogens with zero attached hydrogens (tertiary/aromatic N) is 1. The highest BCUT2D eigenvalue weighted by Gasteiger charge is 2.29. The van der Waals surface area contributed by atoms with Crippen LogP contribution in [0.5, 0.6) is 11.5 Å². The van der Waals surface area contributed by atoms with Gasteiger partial charge in [0.25, 0.3) is 0 Å². The summed E-state index contributed by atoms with van der Waals surface area (Å²) < 4.78 is 11.4. The van der Waals surface area contributed by atoms with Gasteiger partial charge in [-0.1, -0.05) is 30.3 Å². The number of rotatable bonds is 6. The Kier molecular flexibility index (Phi) is 6.12. The minimum atomic E-state index is 0.0840. The van der Waals surface area contributed by atoms with Gasteiger partial charge < -0.3 is 19.3 Å². The normalized spacial score (nSPS) is 20.3. The molecule has 1 amide bonds. The van der Waals surface area contributed by atoms with Crippen LogP contribution in [0, 0.1) is 5.92 Å². The number of hydrogen-bond acceptors (Lipinski definition) is 3. The highest BCUT2D eigenvalue weighted by atomic mass is 16.6. The van der Waals surface area contributed by atoms with Gasteiger partial charge in [-0.3, -0.25) is 4.79 Å². The molecule has 0 radical (unpaired) electrons. The van der Waals surface area contributed by atoms with Crippen molar-refractivity contribution in [1.29, 1.82) is 0 Å². The molecule has 1 aliphatic carbocycles. The number of carbonyl (C=O) groups is 1. The second kappa shape index (κ2) is 9.31. The average Bonchev–Trinajstić information content (AvgIpc) is 3.34. The number of quaternary nitrogens is 1. The minimum Gasteiger partial charge on any atom is -0.486 e. The number of fused-ring (bicyclic) bond motifs is 2. The van der Waals surface area contributed by atoms with Crippen molar-refractivity contribution >= 4 is 5.91 Å². The van der Waals surface area contributed by atoms with Gasteiger partial charge in [0.2, 0.25) is 5.91 Å². The lowest BCUT2D eigenvalue weighted by molar-refractivity contribution is -0.886. The molecule has 0 aromatic heterocycles. The number of likely N-dealkylation sites (tertiary alicyclic amines) is 1. The maximum atomic E-state index is 13.7. The summed E-state index contributed by atoms with van der Waals surface area (Å²) in [7, 11) is 0. The van der Waals surface area contributed by atoms with Crippen LogP contribution in [0.25, 0.3) is 0 Å². The van der Waals surface area contributed by atoms with E-state index >= 15 is 0 Å². The Labute approximate surface area is 184 Å². The van der Waals surface area contributed by atoms with E-state index in [4.69, 9.17) is 9.47 Å². The van der Waals surface area contributed by atoms with E-state index in [1.807, 2.05) is 12.1 Å². The van der Waals surface area contributed by atoms with Gasteiger partial charge in [0.15, 0.2) is 11.5 Å². The van der Waals surface area contributed by atoms with Crippen LogP contribution in [0.15, 0.2) is 42.5 Å². The van der Waals surface area contributed by atoms with E-state index in [0.29, 0.717) is 25.7 Å². The van der Waals surface area contributed by atoms with Gasteiger partial charge >= 0.3 is 0 Å². The van der Waals surface area contributed by atoms with Crippen molar-refractivity contribution in [3.63, 3.8) is 0 Å². The molecule has 1 fully saturated rings. The first-order chi connectivity index (χ1) is 15.3. The molecule has 0 saturated carbocycles. The molecule has 0 unspecified atom stereocenters. The zero-order valence-electron chi connectivity index (χ0n) is 18.3. The number of nitrogens with one attached hydrogen (secondary N) is 1. The Bertz CT molecular complexity index is 923. The fraction of sp³-hybridized carbons (Fsp3) is 0.500. The van der Waals surface area contributed by atoms with Gasteiger partial charge in [-0.15, -0.1) is 0 Å². The number of amides is 1. The van der Waals surface area contributed by atoms with Crippen molar-refractivity contribution in [1.82, 2.24) is 4.90 Å². The van der Waals surface area contributed by atoms with Crippen LogP contribution < -0.4 is 14.4 Å². The highest BCUT2D eigenvalue weighted by molar-refractivity contribution is 5.79. The molecule has 0 bridgehead atoms. The Morgan fingerprint density at radius 2 is 1.77 bits per heavy atom. The van der Waals surface area contributed by atoms with Crippen molar-refractivity contribution in [2.45, 2.75) is 38.6 Å². The second-order valence-corrected chi connectivity index (χ2v) is 9.15. The summed E-state index contributed by atoms with van der Waals surface area (Å²) in [6, 6.07) is 14.7. The summed E-state index contributed by atoms with van der Waals surface area (Å²) in [6.45, 7) is 6.16. The van der Waals surface area contributed by atoms with Crippen LogP contribution in [0.1, 0.15) is 36.0 Å². The fourth-order valence-corrected chi connectivity index (χ4v) is 5.26. The highest BCUT2D eigenvalue weighted by Crippen LogP contribution is 2.32. The number of aryl methyl sites for hydroxylation is 1. The minimum absolute atomic E-state index is 0.0840. The molecule has 2 heterocycles. The monoisotopic (exact) mass is 421 g/mol. The Morgan fingerprint density at radius 1 is 1.00 bits per heavy atom. The molecule has 1 atom stereocenters. The molecule has 5 nitrogen and oxygen atoms in total. The lowest BCUT2D eigenvalue weighted by Gasteiger charge is -2.31. The van der Waals surface area contributed by atoms with Crippen LogP contribution in [0.3, 0.4) is 0 Å². The van der Waals surface area contributed by atoms with Gasteiger partial charge in [-0.05, 0) is 48.1 Å². The first kappa shape index (κ1) is 20.4. The lowest BCUT2D eigenvalue weighted by atomic mass is 9.83. The van der Waals surface area contributed by atoms with E-state index in [9.17, 15) is 4.79 Å². The maximum absolute atomic E-state index is 13.7. The molecule has 2 aliphatic heterocycles. The standard InChI is InChI=1S/C26H32N2O3/c29-26(23-9-8-21-5-1-2-6-22(21)18-23)28(14-13-27-11-3-4-12-27)19-20-7-10-24-25(17-20)31-16-15-30-24/h1-2,5-7,10,17,23H,3-4,8-9,11-16,18-19H2/p+1/t23-/m0/s1. The third-order valence-corrected chi connectivity index (χ3v) is 7.03. The van der Waals surface area contributed by atoms with Crippen molar-refractivity contribution < 1.29 is 19.2 Å². The maximum Gasteiger partial charge on any atom is 0.226 e. The summed E-state index contributed by atoms with van der Waals surface area (Å²) in [4.78, 5) is 17.4. The van der Waals surface area contributed by atoms with E-state index in [1.165, 1.54) is 37.1 Å². The number of benzene rings is 2. The molecule has 0 spiro atoms. The zero-order chi connectivity index (χ0) is 21.0. The topological polar surface area (TPSA) is 43.2 Å². The average molecular weight is 422 g/mol. The van der Waals surface area contributed by atoms with Crippen LogP contribution in [0.4, 0.5) is 0 Å². The van der Waals surface area contributed by atoms with Crippen LogP contribution in [-0.4, -0.2) is 50.2 Å². The quantitative estimate of drug-likeness (QED) is 0.778. The SMILES string of the molecule is O=C([C@H]1CCc2ccccc2C1)N(CC[NH+]1CCCC1)Cc1ccc2c(c1)OCCO2. The van der Waals surface area contributed by atoms with Crippen LogP contribution in [-0.2, 0) is 24.2 Å². The predicted molar refractivity (Wildman–Crippen MR) is 120 cm³/mol. The van der Waals surface area contributed by atoms with E-state index in [1.54, 1.807) is 4.90 Å². The summed E-state index contributed by atoms with van der Waals surface area (Å²) in [6.07, 6.45) is 5.44. The smallest absolute Gasteiger partial charge is 0.226 e. The van der Waals surface area contributed by atoms with Crippen LogP contribution in [0.2, 0.25) is 0 Å². The third-order valence-electron chi connectivity index (χ3n) is 7.03. The van der Waals surface area contributed by atoms with E-state index in [-0.39, 0.29) is 5.92 Å². The van der Waals surface area contributed by atoms with Crippen molar-refractivity contribution in [2.24, 2.45) is 5.92 Å². The Hall–Kier alpha value is -2.53. The molecule has 164 valence electrons. The molecule has 2 aromatic carbocycles. The molecular formula is C26H33N2O3+. The van der Waals surface area contributed by atoms with E-state index in [0.717, 1.165) is 49.4 Å². The largest absolute Gasteiger partial charge is 0.486 e. The molecule has 3 aliphatic rings. The molecular weight excluding hydrogens is 388 g/mol. The van der Waals surface area contributed by atoms with Crippen molar-refractivity contribution in [3.8, 4) is 11.5 Å². The van der Waals surface area contributed by atoms with Crippen LogP contribution >= 0.6 is 0 Å². The Balaban J connectivity index is 1.31. The van der Waals surface area contributed by atoms with E-state index < -0.39 is 0 Å². The number of ether oxygens (including phenoxy) is 2. The van der Waals surface area contributed by atoms with E-state index in [2.05, 4.69) is 35.2 Å². The summed E-state index contributed by atoms with van der Waals surface area (Å²) in [5.74, 6) is 2.00. The molecule has 1 N–H and O–H groups in total.